The van der Waals surface area contributed by atoms with Crippen LogP contribution < -0.4 is 10.1 Å². The van der Waals surface area contributed by atoms with Gasteiger partial charge in [-0.25, -0.2) is 9.18 Å². The molecule has 0 fully saturated rings. The van der Waals surface area contributed by atoms with Gasteiger partial charge >= 0.3 is 5.97 Å². The molecule has 0 atom stereocenters. The van der Waals surface area contributed by atoms with E-state index in [1.54, 1.807) is 36.4 Å². The van der Waals surface area contributed by atoms with Crippen molar-refractivity contribution in [1.29, 1.82) is 5.26 Å². The number of nitriles is 1. The maximum atomic E-state index is 13.3. The number of halogens is 2. The third kappa shape index (κ3) is 5.53. The Kier molecular flexibility index (Phi) is 6.58. The van der Waals surface area contributed by atoms with Crippen LogP contribution in [0.25, 0.3) is 6.08 Å². The molecule has 7 heteroatoms. The molecule has 1 N–H and O–H groups in total. The number of hydrogen-bond acceptors (Lipinski definition) is 4. The second-order valence-electron chi connectivity index (χ2n) is 6.10. The van der Waals surface area contributed by atoms with Gasteiger partial charge in [0.05, 0.1) is 5.56 Å². The molecule has 3 aromatic rings. The summed E-state index contributed by atoms with van der Waals surface area (Å²) in [4.78, 5) is 24.5. The summed E-state index contributed by atoms with van der Waals surface area (Å²) in [7, 11) is 0. The van der Waals surface area contributed by atoms with Gasteiger partial charge in [-0.15, -0.1) is 0 Å². The number of nitrogens with zero attached hydrogens (tertiary/aromatic N) is 1. The molecule has 3 rings (SSSR count). The lowest BCUT2D eigenvalue weighted by Crippen LogP contribution is -2.13. The topological polar surface area (TPSA) is 79.2 Å². The number of anilines is 1. The number of rotatable bonds is 5. The summed E-state index contributed by atoms with van der Waals surface area (Å²) in [6, 6.07) is 19.7. The van der Waals surface area contributed by atoms with E-state index in [-0.39, 0.29) is 16.9 Å². The molecule has 0 saturated carbocycles. The van der Waals surface area contributed by atoms with Crippen molar-refractivity contribution in [1.82, 2.24) is 0 Å². The van der Waals surface area contributed by atoms with Crippen LogP contribution in [0.4, 0.5) is 10.1 Å². The van der Waals surface area contributed by atoms with Crippen molar-refractivity contribution in [3.8, 4) is 11.8 Å². The monoisotopic (exact) mass is 420 g/mol. The van der Waals surface area contributed by atoms with Crippen molar-refractivity contribution in [3.63, 3.8) is 0 Å². The second-order valence-corrected chi connectivity index (χ2v) is 6.54. The van der Waals surface area contributed by atoms with Crippen LogP contribution in [0.1, 0.15) is 15.9 Å². The van der Waals surface area contributed by atoms with E-state index < -0.39 is 17.7 Å². The molecule has 0 aromatic heterocycles. The van der Waals surface area contributed by atoms with Crippen molar-refractivity contribution < 1.29 is 18.7 Å². The van der Waals surface area contributed by atoms with Gasteiger partial charge in [0, 0.05) is 10.7 Å². The van der Waals surface area contributed by atoms with Crippen LogP contribution in [-0.4, -0.2) is 11.9 Å². The van der Waals surface area contributed by atoms with E-state index in [4.69, 9.17) is 16.3 Å². The molecule has 0 unspecified atom stereocenters. The lowest BCUT2D eigenvalue weighted by Gasteiger charge is -2.06. The molecule has 0 saturated heterocycles. The maximum absolute atomic E-state index is 13.3. The average molecular weight is 421 g/mol. The van der Waals surface area contributed by atoms with E-state index >= 15 is 0 Å². The fourth-order valence-electron chi connectivity index (χ4n) is 2.50. The summed E-state index contributed by atoms with van der Waals surface area (Å²) >= 11 is 5.81. The largest absolute Gasteiger partial charge is 0.423 e. The highest BCUT2D eigenvalue weighted by Crippen LogP contribution is 2.19. The molecule has 0 aliphatic carbocycles. The zero-order chi connectivity index (χ0) is 21.5. The number of nitrogens with one attached hydrogen (secondary N) is 1. The SMILES string of the molecule is N#C/C(=C\c1cccc(OC(=O)c2cccc(F)c2)c1)C(=O)Nc1ccc(Cl)cc1. The highest BCUT2D eigenvalue weighted by Gasteiger charge is 2.12. The first-order valence-corrected chi connectivity index (χ1v) is 9.09. The van der Waals surface area contributed by atoms with Crippen LogP contribution in [0.15, 0.2) is 78.4 Å². The highest BCUT2D eigenvalue weighted by molar-refractivity contribution is 6.30. The predicted molar refractivity (Wildman–Crippen MR) is 111 cm³/mol. The molecule has 30 heavy (non-hydrogen) atoms. The number of amides is 1. The minimum Gasteiger partial charge on any atom is -0.423 e. The van der Waals surface area contributed by atoms with Crippen LogP contribution in [0.5, 0.6) is 5.75 Å². The number of carbonyl (C=O) groups excluding carboxylic acids is 2. The highest BCUT2D eigenvalue weighted by atomic mass is 35.5. The van der Waals surface area contributed by atoms with Gasteiger partial charge in [0.15, 0.2) is 0 Å². The van der Waals surface area contributed by atoms with Crippen LogP contribution in [0.2, 0.25) is 5.02 Å². The number of ether oxygens (including phenoxy) is 1. The molecule has 0 heterocycles. The predicted octanol–water partition coefficient (Wildman–Crippen LogP) is 5.24. The van der Waals surface area contributed by atoms with Crippen molar-refractivity contribution in [2.24, 2.45) is 0 Å². The van der Waals surface area contributed by atoms with Gasteiger partial charge < -0.3 is 10.1 Å². The lowest BCUT2D eigenvalue weighted by atomic mass is 10.1. The van der Waals surface area contributed by atoms with Crippen molar-refractivity contribution in [2.75, 3.05) is 5.32 Å². The van der Waals surface area contributed by atoms with E-state index in [0.717, 1.165) is 6.07 Å². The van der Waals surface area contributed by atoms with Gasteiger partial charge in [-0.3, -0.25) is 4.79 Å². The van der Waals surface area contributed by atoms with Crippen LogP contribution in [0, 0.1) is 17.1 Å². The Morgan fingerprint density at radius 2 is 1.77 bits per heavy atom. The minimum absolute atomic E-state index is 0.0657. The Morgan fingerprint density at radius 3 is 2.47 bits per heavy atom. The molecule has 0 aliphatic heterocycles. The molecule has 0 aliphatic rings. The van der Waals surface area contributed by atoms with E-state index in [1.807, 2.05) is 6.07 Å². The first-order valence-electron chi connectivity index (χ1n) is 8.71. The van der Waals surface area contributed by atoms with Gasteiger partial charge in [-0.1, -0.05) is 29.8 Å². The number of benzene rings is 3. The Morgan fingerprint density at radius 1 is 1.03 bits per heavy atom. The van der Waals surface area contributed by atoms with Crippen LogP contribution >= 0.6 is 11.6 Å². The van der Waals surface area contributed by atoms with Crippen molar-refractivity contribution >= 4 is 35.2 Å². The number of hydrogen-bond donors (Lipinski definition) is 1. The molecule has 0 radical (unpaired) electrons. The lowest BCUT2D eigenvalue weighted by molar-refractivity contribution is -0.112. The Hall–Kier alpha value is -3.95. The summed E-state index contributed by atoms with van der Waals surface area (Å²) < 4.78 is 18.5. The van der Waals surface area contributed by atoms with Crippen molar-refractivity contribution in [3.05, 3.63) is 100 Å². The molecule has 1 amide bonds. The van der Waals surface area contributed by atoms with Gasteiger partial charge in [-0.05, 0) is 66.2 Å². The Balaban J connectivity index is 1.75. The summed E-state index contributed by atoms with van der Waals surface area (Å²) in [5, 5.41) is 12.5. The molecule has 3 aromatic carbocycles. The number of esters is 1. The van der Waals surface area contributed by atoms with E-state index in [2.05, 4.69) is 5.32 Å². The summed E-state index contributed by atoms with van der Waals surface area (Å²) in [6.07, 6.45) is 1.37. The Labute approximate surface area is 177 Å². The van der Waals surface area contributed by atoms with Gasteiger partial charge in [-0.2, -0.15) is 5.26 Å². The summed E-state index contributed by atoms with van der Waals surface area (Å²) in [5.41, 5.74) is 0.889. The summed E-state index contributed by atoms with van der Waals surface area (Å²) in [6.45, 7) is 0. The zero-order valence-corrected chi connectivity index (χ0v) is 16.2. The second kappa shape index (κ2) is 9.50. The molecule has 0 bridgehead atoms. The van der Waals surface area contributed by atoms with Crippen LogP contribution in [-0.2, 0) is 4.79 Å². The minimum atomic E-state index is -0.725. The smallest absolute Gasteiger partial charge is 0.343 e. The summed E-state index contributed by atoms with van der Waals surface area (Å²) in [5.74, 6) is -1.68. The first-order chi connectivity index (χ1) is 14.4. The van der Waals surface area contributed by atoms with E-state index in [9.17, 15) is 19.2 Å². The molecule has 0 spiro atoms. The molecule has 5 nitrogen and oxygen atoms in total. The molecular formula is C23H14ClFN2O3. The average Bonchev–Trinajstić information content (AvgIpc) is 2.74. The van der Waals surface area contributed by atoms with Crippen molar-refractivity contribution in [2.45, 2.75) is 0 Å². The fraction of sp³-hybridized carbons (Fsp3) is 0. The van der Waals surface area contributed by atoms with Gasteiger partial charge in [0.25, 0.3) is 5.91 Å². The third-order valence-corrected chi connectivity index (χ3v) is 4.16. The fourth-order valence-corrected chi connectivity index (χ4v) is 2.62. The van der Waals surface area contributed by atoms with Gasteiger partial charge in [0.1, 0.15) is 23.2 Å². The maximum Gasteiger partial charge on any atom is 0.343 e. The standard InChI is InChI=1S/C23H14ClFN2O3/c24-18-7-9-20(10-8-18)27-22(28)17(14-26)11-15-3-1-6-21(12-15)30-23(29)16-4-2-5-19(25)13-16/h1-13H,(H,27,28)/b17-11+. The number of carbonyl (C=O) groups is 2. The normalized spacial score (nSPS) is 10.8. The Bertz CT molecular complexity index is 1170. The molecule has 148 valence electrons. The van der Waals surface area contributed by atoms with E-state index in [0.29, 0.717) is 16.3 Å². The zero-order valence-electron chi connectivity index (χ0n) is 15.4. The quantitative estimate of drug-likeness (QED) is 0.265. The van der Waals surface area contributed by atoms with Crippen LogP contribution in [0.3, 0.4) is 0 Å². The molecular weight excluding hydrogens is 407 g/mol. The van der Waals surface area contributed by atoms with E-state index in [1.165, 1.54) is 36.4 Å². The third-order valence-electron chi connectivity index (χ3n) is 3.91. The first kappa shape index (κ1) is 20.8. The van der Waals surface area contributed by atoms with Gasteiger partial charge in [0.2, 0.25) is 0 Å².